The summed E-state index contributed by atoms with van der Waals surface area (Å²) in [5.41, 5.74) is 10.4. The van der Waals surface area contributed by atoms with E-state index in [1.807, 2.05) is 0 Å². The van der Waals surface area contributed by atoms with Crippen LogP contribution in [0.1, 0.15) is 19.3 Å². The first-order chi connectivity index (χ1) is 11.8. The van der Waals surface area contributed by atoms with Crippen LogP contribution in [0.5, 0.6) is 0 Å². The van der Waals surface area contributed by atoms with Crippen LogP contribution in [0.4, 0.5) is 0 Å². The van der Waals surface area contributed by atoms with Gasteiger partial charge in [-0.1, -0.05) is 6.42 Å². The number of carboxylic acids is 1. The minimum absolute atomic E-state index is 0. The first kappa shape index (κ1) is 29.1. The van der Waals surface area contributed by atoms with Gasteiger partial charge in [-0.3, -0.25) is 13.9 Å². The molecule has 0 saturated heterocycles. The summed E-state index contributed by atoms with van der Waals surface area (Å²) in [7, 11) is -10.8. The van der Waals surface area contributed by atoms with E-state index in [0.717, 1.165) is 23.7 Å². The average Bonchev–Trinajstić information content (AvgIpc) is 2.98. The number of aromatic nitrogens is 2. The summed E-state index contributed by atoms with van der Waals surface area (Å²) in [6, 6.07) is -0.716. The number of imidazole rings is 1. The van der Waals surface area contributed by atoms with Crippen LogP contribution in [-0.4, -0.2) is 92.5 Å². The Kier molecular flexibility index (Phi) is 13.4. The second-order valence-electron chi connectivity index (χ2n) is 5.33. The number of carbonyl (C=O) groups is 1. The molecule has 0 amide bonds. The van der Waals surface area contributed by atoms with Crippen LogP contribution >= 0.6 is 15.2 Å². The van der Waals surface area contributed by atoms with E-state index in [2.05, 4.69) is 4.98 Å². The van der Waals surface area contributed by atoms with Gasteiger partial charge in [0.2, 0.25) is 0 Å². The van der Waals surface area contributed by atoms with Crippen molar-refractivity contribution in [2.45, 2.75) is 36.9 Å². The summed E-state index contributed by atoms with van der Waals surface area (Å²) in [4.78, 5) is 48.9. The summed E-state index contributed by atoms with van der Waals surface area (Å²) >= 11 is 0. The van der Waals surface area contributed by atoms with E-state index >= 15 is 0 Å². The molecule has 0 aliphatic carbocycles. The molecular weight excluding hydrogens is 417 g/mol. The standard InChI is InChI=1S/C6H14N2O2.C5H10N2O7P2.Na.H/c7-4-2-1-3-5(8)6(9)10;8-5(15(9,10)11,16(12,13)14)3-7-2-1-6-4-7;;/h5H,1-4,7-8H2,(H,9,10);1-2,4,8H,3H2,(H2,9,10,11)(H2,12,13,14);;. The van der Waals surface area contributed by atoms with Gasteiger partial charge in [-0.2, -0.15) is 0 Å². The van der Waals surface area contributed by atoms with Gasteiger partial charge in [-0.15, -0.1) is 0 Å². The zero-order valence-electron chi connectivity index (χ0n) is 13.7. The van der Waals surface area contributed by atoms with E-state index in [1.165, 1.54) is 12.4 Å². The summed E-state index contributed by atoms with van der Waals surface area (Å²) in [5.74, 6) is -0.933. The fourth-order valence-electron chi connectivity index (χ4n) is 1.61. The van der Waals surface area contributed by atoms with E-state index in [-0.39, 0.29) is 29.6 Å². The van der Waals surface area contributed by atoms with E-state index in [1.54, 1.807) is 0 Å². The normalized spacial score (nSPS) is 13.1. The van der Waals surface area contributed by atoms with E-state index in [0.29, 0.717) is 13.0 Å². The Bertz CT molecular complexity index is 626. The number of carboxylic acid groups (broad SMARTS) is 1. The van der Waals surface area contributed by atoms with Gasteiger partial charge in [0.25, 0.3) is 5.08 Å². The number of aliphatic carboxylic acids is 1. The van der Waals surface area contributed by atoms with Crippen LogP contribution in [0.15, 0.2) is 18.7 Å². The zero-order valence-corrected chi connectivity index (χ0v) is 15.5. The van der Waals surface area contributed by atoms with Gasteiger partial charge >= 0.3 is 50.7 Å². The van der Waals surface area contributed by atoms with Gasteiger partial charge in [0.15, 0.2) is 0 Å². The van der Waals surface area contributed by atoms with Gasteiger partial charge in [-0.25, -0.2) is 4.98 Å². The molecule has 1 atom stereocenters. The number of hydrogen-bond donors (Lipinski definition) is 8. The van der Waals surface area contributed by atoms with Gasteiger partial charge < -0.3 is 45.8 Å². The number of nitrogens with zero attached hydrogens (tertiary/aromatic N) is 2. The molecule has 13 nitrogen and oxygen atoms in total. The Labute approximate surface area is 177 Å². The predicted octanol–water partition coefficient (Wildman–Crippen LogP) is -2.24. The number of hydrogen-bond acceptors (Lipinski definition) is 7. The molecule has 1 aromatic heterocycles. The molecule has 0 saturated carbocycles. The molecule has 0 radical (unpaired) electrons. The van der Waals surface area contributed by atoms with Crippen molar-refractivity contribution in [2.24, 2.45) is 11.5 Å². The Morgan fingerprint density at radius 1 is 1.19 bits per heavy atom. The van der Waals surface area contributed by atoms with Crippen LogP contribution in [0.25, 0.3) is 0 Å². The molecule has 154 valence electrons. The second kappa shape index (κ2) is 12.4. The molecule has 1 aromatic rings. The maximum absolute atomic E-state index is 10.9. The molecule has 1 heterocycles. The van der Waals surface area contributed by atoms with E-state index in [9.17, 15) is 19.0 Å². The molecule has 1 rings (SSSR count). The topological polar surface area (TPSA) is 242 Å². The van der Waals surface area contributed by atoms with Crippen molar-refractivity contribution in [3.05, 3.63) is 18.7 Å². The van der Waals surface area contributed by atoms with Crippen molar-refractivity contribution < 1.29 is 43.7 Å². The molecule has 0 spiro atoms. The van der Waals surface area contributed by atoms with Crippen LogP contribution in [0, 0.1) is 0 Å². The molecule has 0 aliphatic rings. The molecule has 1 unspecified atom stereocenters. The molecule has 16 heteroatoms. The number of unbranched alkanes of at least 4 members (excludes halogenated alkanes) is 1. The zero-order chi connectivity index (χ0) is 20.6. The van der Waals surface area contributed by atoms with Crippen LogP contribution in [-0.2, 0) is 20.5 Å². The Hall–Kier alpha value is -0.140. The van der Waals surface area contributed by atoms with Crippen molar-refractivity contribution >= 4 is 50.7 Å². The Morgan fingerprint density at radius 2 is 1.70 bits per heavy atom. The van der Waals surface area contributed by atoms with Crippen molar-refractivity contribution in [3.63, 3.8) is 0 Å². The predicted molar refractivity (Wildman–Crippen MR) is 96.9 cm³/mol. The fourth-order valence-corrected chi connectivity index (χ4v) is 3.66. The maximum atomic E-state index is 10.9. The second-order valence-corrected chi connectivity index (χ2v) is 9.34. The number of nitrogens with two attached hydrogens (primary N) is 2. The molecule has 0 fully saturated rings. The summed E-state index contributed by atoms with van der Waals surface area (Å²) in [5, 5.41) is 14.4. The fraction of sp³-hybridized carbons (Fsp3) is 0.636. The van der Waals surface area contributed by atoms with Crippen LogP contribution in [0.2, 0.25) is 0 Å². The molecule has 0 aliphatic heterocycles. The Balaban J connectivity index is 0. The first-order valence-electron chi connectivity index (χ1n) is 7.24. The van der Waals surface area contributed by atoms with Crippen molar-refractivity contribution in [2.75, 3.05) is 6.54 Å². The van der Waals surface area contributed by atoms with E-state index < -0.39 is 38.8 Å². The summed E-state index contributed by atoms with van der Waals surface area (Å²) in [6.07, 6.45) is 5.67. The third-order valence-corrected chi connectivity index (χ3v) is 6.89. The molecule has 10 N–H and O–H groups in total. The summed E-state index contributed by atoms with van der Waals surface area (Å²) < 4.78 is 22.8. The number of aliphatic hydroxyl groups is 1. The van der Waals surface area contributed by atoms with E-state index in [4.69, 9.17) is 36.1 Å². The first-order valence-corrected chi connectivity index (χ1v) is 10.5. The van der Waals surface area contributed by atoms with Gasteiger partial charge in [0.1, 0.15) is 6.04 Å². The van der Waals surface area contributed by atoms with Crippen molar-refractivity contribution in [1.82, 2.24) is 9.55 Å². The third-order valence-electron chi connectivity index (χ3n) is 3.17. The monoisotopic (exact) mass is 442 g/mol. The van der Waals surface area contributed by atoms with Crippen molar-refractivity contribution in [3.8, 4) is 0 Å². The van der Waals surface area contributed by atoms with Gasteiger partial charge in [0, 0.05) is 12.4 Å². The molecule has 0 aromatic carbocycles. The summed E-state index contributed by atoms with van der Waals surface area (Å²) in [6.45, 7) is -0.353. The molecular formula is C11H25N4NaO9P2. The molecule has 27 heavy (non-hydrogen) atoms. The van der Waals surface area contributed by atoms with Crippen LogP contribution < -0.4 is 11.5 Å². The minimum atomic E-state index is -5.41. The SMILES string of the molecule is NCCCCC(N)C(=O)O.O=P(O)(O)C(O)(Cn1ccnc1)P(=O)(O)O.[NaH]. The van der Waals surface area contributed by atoms with Gasteiger partial charge in [0.05, 0.1) is 12.9 Å². The number of rotatable bonds is 9. The van der Waals surface area contributed by atoms with Crippen LogP contribution in [0.3, 0.4) is 0 Å². The Morgan fingerprint density at radius 3 is 2.04 bits per heavy atom. The quantitative estimate of drug-likeness (QED) is 0.115. The average molecular weight is 442 g/mol. The van der Waals surface area contributed by atoms with Gasteiger partial charge in [-0.05, 0) is 19.4 Å². The van der Waals surface area contributed by atoms with Crippen molar-refractivity contribution in [1.29, 1.82) is 0 Å². The third kappa shape index (κ3) is 9.75. The molecule has 0 bridgehead atoms.